The highest BCUT2D eigenvalue weighted by Crippen LogP contribution is 2.43. The first-order valence-electron chi connectivity index (χ1n) is 30.4. The molecule has 0 spiro atoms. The van der Waals surface area contributed by atoms with Gasteiger partial charge in [-0.2, -0.15) is 0 Å². The summed E-state index contributed by atoms with van der Waals surface area (Å²) in [6.07, 6.45) is 14.1. The van der Waals surface area contributed by atoms with Gasteiger partial charge in [0, 0.05) is 34.1 Å². The van der Waals surface area contributed by atoms with Crippen LogP contribution in [0.15, 0.2) is 194 Å². The molecule has 9 aromatic rings. The summed E-state index contributed by atoms with van der Waals surface area (Å²) in [6.45, 7) is 22.8. The third-order valence-electron chi connectivity index (χ3n) is 16.1. The van der Waals surface area contributed by atoms with Crippen molar-refractivity contribution >= 4 is 34.1 Å². The minimum atomic E-state index is 0.604. The average molecular weight is 1050 g/mol. The maximum Gasteiger partial charge on any atom is 0.0464 e. The van der Waals surface area contributed by atoms with Crippen LogP contribution in [0.1, 0.15) is 137 Å². The zero-order valence-corrected chi connectivity index (χ0v) is 50.0. The molecular weight excluding hydrogens is 965 g/mol. The molecule has 2 nitrogen and oxygen atoms in total. The second-order valence-electron chi connectivity index (χ2n) is 23.8. The van der Waals surface area contributed by atoms with E-state index < -0.39 is 0 Å². The molecular formula is C78H88N2. The molecule has 0 aliphatic rings. The minimum absolute atomic E-state index is 0.604. The Morgan fingerprint density at radius 2 is 0.600 bits per heavy atom. The van der Waals surface area contributed by atoms with Crippen molar-refractivity contribution in [3.8, 4) is 44.5 Å². The lowest BCUT2D eigenvalue weighted by molar-refractivity contribution is 0.647. The van der Waals surface area contributed by atoms with Crippen molar-refractivity contribution in [1.82, 2.24) is 0 Å². The Labute approximate surface area is 482 Å². The maximum atomic E-state index is 2.61. The molecule has 0 bridgehead atoms. The second kappa shape index (κ2) is 27.2. The van der Waals surface area contributed by atoms with Gasteiger partial charge < -0.3 is 9.80 Å². The summed E-state index contributed by atoms with van der Waals surface area (Å²) in [5, 5.41) is 0. The zero-order chi connectivity index (χ0) is 56.1. The van der Waals surface area contributed by atoms with Crippen LogP contribution in [0.25, 0.3) is 44.5 Å². The number of nitrogens with zero attached hydrogens (tertiary/aromatic N) is 2. The van der Waals surface area contributed by atoms with E-state index in [0.717, 1.165) is 37.1 Å². The normalized spacial score (nSPS) is 11.4. The molecule has 0 radical (unpaired) electrons. The third kappa shape index (κ3) is 14.3. The lowest BCUT2D eigenvalue weighted by Crippen LogP contribution is -2.11. The van der Waals surface area contributed by atoms with Crippen LogP contribution in [0.4, 0.5) is 34.1 Å². The fourth-order valence-electron chi connectivity index (χ4n) is 11.8. The van der Waals surface area contributed by atoms with Crippen molar-refractivity contribution in [1.29, 1.82) is 0 Å². The van der Waals surface area contributed by atoms with E-state index in [2.05, 4.69) is 273 Å². The van der Waals surface area contributed by atoms with Gasteiger partial charge in [-0.15, -0.1) is 0 Å². The van der Waals surface area contributed by atoms with Gasteiger partial charge in [-0.05, 0) is 229 Å². The molecule has 9 aromatic carbocycles. The lowest BCUT2D eigenvalue weighted by atomic mass is 9.84. The van der Waals surface area contributed by atoms with Crippen LogP contribution in [-0.2, 0) is 25.7 Å². The van der Waals surface area contributed by atoms with Crippen LogP contribution in [0.5, 0.6) is 0 Å². The maximum absolute atomic E-state index is 2.61. The zero-order valence-electron chi connectivity index (χ0n) is 50.0. The predicted octanol–water partition coefficient (Wildman–Crippen LogP) is 23.2. The first kappa shape index (κ1) is 57.3. The van der Waals surface area contributed by atoms with Crippen molar-refractivity contribution in [2.75, 3.05) is 9.80 Å². The van der Waals surface area contributed by atoms with Crippen molar-refractivity contribution in [2.45, 2.75) is 146 Å². The summed E-state index contributed by atoms with van der Waals surface area (Å²) in [5.74, 6) is 1.21. The van der Waals surface area contributed by atoms with Crippen LogP contribution in [-0.4, -0.2) is 0 Å². The van der Waals surface area contributed by atoms with Crippen molar-refractivity contribution < 1.29 is 0 Å². The van der Waals surface area contributed by atoms with Crippen molar-refractivity contribution in [2.24, 2.45) is 11.8 Å². The van der Waals surface area contributed by atoms with Gasteiger partial charge in [0.15, 0.2) is 0 Å². The van der Waals surface area contributed by atoms with Crippen LogP contribution in [0, 0.1) is 39.5 Å². The Balaban J connectivity index is 1.12. The lowest BCUT2D eigenvalue weighted by Gasteiger charge is -2.28. The highest BCUT2D eigenvalue weighted by atomic mass is 15.1. The fraction of sp³-hybridized carbons (Fsp3) is 0.308. The Morgan fingerprint density at radius 3 is 0.900 bits per heavy atom. The monoisotopic (exact) mass is 1050 g/mol. The SMILES string of the molecule is CCCCCCc1cc(-c2ccc(N(c3ccc(CC(C)C)cc3)c3ccc(-c4ccc(C)cc4)cc3)cc2C)c(CCCCCC)cc1-c1ccc(N(c2ccc(CC(C)C)cc2)c2ccc(-c3ccc(C)cc3)cc2)cc1C. The molecule has 0 atom stereocenters. The molecule has 410 valence electrons. The second-order valence-corrected chi connectivity index (χ2v) is 23.8. The molecule has 0 saturated carbocycles. The highest BCUT2D eigenvalue weighted by molar-refractivity contribution is 5.86. The number of unbranched alkanes of at least 4 members (excludes halogenated alkanes) is 6. The largest absolute Gasteiger partial charge is 0.310 e. The number of anilines is 6. The van der Waals surface area contributed by atoms with E-state index >= 15 is 0 Å². The average Bonchev–Trinajstić information content (AvgIpc) is 3.47. The first-order chi connectivity index (χ1) is 38.8. The number of rotatable bonds is 24. The highest BCUT2D eigenvalue weighted by Gasteiger charge is 2.21. The molecule has 2 heteroatoms. The van der Waals surface area contributed by atoms with Gasteiger partial charge >= 0.3 is 0 Å². The Hall–Kier alpha value is -7.42. The molecule has 9 rings (SSSR count). The van der Waals surface area contributed by atoms with Gasteiger partial charge in [0.1, 0.15) is 0 Å². The van der Waals surface area contributed by atoms with Crippen LogP contribution < -0.4 is 9.80 Å². The first-order valence-corrected chi connectivity index (χ1v) is 30.4. The quantitative estimate of drug-likeness (QED) is 0.0557. The summed E-state index contributed by atoms with van der Waals surface area (Å²) in [7, 11) is 0. The fourth-order valence-corrected chi connectivity index (χ4v) is 11.8. The summed E-state index contributed by atoms with van der Waals surface area (Å²) in [5.41, 5.74) is 28.2. The smallest absolute Gasteiger partial charge is 0.0464 e. The van der Waals surface area contributed by atoms with E-state index in [4.69, 9.17) is 0 Å². The molecule has 0 unspecified atom stereocenters. The molecule has 0 aliphatic carbocycles. The summed E-state index contributed by atoms with van der Waals surface area (Å²) < 4.78 is 0. The van der Waals surface area contributed by atoms with E-state index in [1.54, 1.807) is 0 Å². The molecule has 0 N–H and O–H groups in total. The van der Waals surface area contributed by atoms with Crippen molar-refractivity contribution in [3.63, 3.8) is 0 Å². The van der Waals surface area contributed by atoms with Crippen LogP contribution in [0.3, 0.4) is 0 Å². The van der Waals surface area contributed by atoms with E-state index in [0.29, 0.717) is 11.8 Å². The summed E-state index contributed by atoms with van der Waals surface area (Å²) >= 11 is 0. The molecule has 80 heavy (non-hydrogen) atoms. The summed E-state index contributed by atoms with van der Waals surface area (Å²) in [6, 6.07) is 74.2. The standard InChI is InChI=1S/C78H88N2/c1-11-13-15-17-19-67-53-78(76-48-46-74(52-60(76)10)80(70-39-27-62(28-40-70)50-56(5)6)72-43-35-66(36-44-72)64-31-23-58(8)24-32-64)68(20-18-16-14-12-2)54-77(67)75-47-45-73(51-59(75)9)79(69-37-25-61(26-38-69)49-55(3)4)71-41-33-65(34-42-71)63-29-21-57(7)22-30-63/h21-48,51-56H,11-20,49-50H2,1-10H3. The number of benzene rings is 9. The van der Waals surface area contributed by atoms with Gasteiger partial charge in [0.2, 0.25) is 0 Å². The number of hydrogen-bond acceptors (Lipinski definition) is 2. The number of hydrogen-bond donors (Lipinski definition) is 0. The van der Waals surface area contributed by atoms with Gasteiger partial charge in [-0.1, -0.05) is 213 Å². The van der Waals surface area contributed by atoms with E-state index in [1.807, 2.05) is 0 Å². The van der Waals surface area contributed by atoms with Gasteiger partial charge in [0.05, 0.1) is 0 Å². The Bertz CT molecular complexity index is 3160. The Morgan fingerprint density at radius 1 is 0.300 bits per heavy atom. The van der Waals surface area contributed by atoms with E-state index in [-0.39, 0.29) is 0 Å². The molecule has 0 heterocycles. The summed E-state index contributed by atoms with van der Waals surface area (Å²) in [4.78, 5) is 4.89. The van der Waals surface area contributed by atoms with Gasteiger partial charge in [-0.25, -0.2) is 0 Å². The molecule has 0 saturated heterocycles. The van der Waals surface area contributed by atoms with E-state index in [1.165, 1.54) is 163 Å². The third-order valence-corrected chi connectivity index (χ3v) is 16.1. The minimum Gasteiger partial charge on any atom is -0.310 e. The van der Waals surface area contributed by atoms with E-state index in [9.17, 15) is 0 Å². The van der Waals surface area contributed by atoms with Crippen LogP contribution in [0.2, 0.25) is 0 Å². The Kier molecular flexibility index (Phi) is 19.4. The van der Waals surface area contributed by atoms with Crippen molar-refractivity contribution in [3.05, 3.63) is 239 Å². The van der Waals surface area contributed by atoms with Gasteiger partial charge in [0.25, 0.3) is 0 Å². The topological polar surface area (TPSA) is 6.48 Å². The molecule has 0 aromatic heterocycles. The molecule has 0 amide bonds. The number of aryl methyl sites for hydroxylation is 6. The molecule has 0 fully saturated rings. The molecule has 0 aliphatic heterocycles. The predicted molar refractivity (Wildman–Crippen MR) is 349 cm³/mol. The van der Waals surface area contributed by atoms with Gasteiger partial charge in [-0.3, -0.25) is 0 Å². The van der Waals surface area contributed by atoms with Crippen LogP contribution >= 0.6 is 0 Å².